The van der Waals surface area contributed by atoms with E-state index < -0.39 is 6.17 Å². The van der Waals surface area contributed by atoms with Gasteiger partial charge in [0.25, 0.3) is 5.89 Å². The van der Waals surface area contributed by atoms with Crippen LogP contribution < -0.4 is 10.2 Å². The van der Waals surface area contributed by atoms with E-state index in [-0.39, 0.29) is 30.3 Å². The maximum atomic E-state index is 13.3. The van der Waals surface area contributed by atoms with Crippen LogP contribution in [0, 0.1) is 6.92 Å². The second kappa shape index (κ2) is 9.74. The van der Waals surface area contributed by atoms with Gasteiger partial charge in [-0.3, -0.25) is 9.79 Å². The van der Waals surface area contributed by atoms with Crippen molar-refractivity contribution in [2.45, 2.75) is 44.4 Å². The Morgan fingerprint density at radius 1 is 0.897 bits per heavy atom. The van der Waals surface area contributed by atoms with Gasteiger partial charge in [0.05, 0.1) is 36.6 Å². The minimum Gasteiger partial charge on any atom is -0.403 e. The molecule has 2 fully saturated rings. The van der Waals surface area contributed by atoms with Gasteiger partial charge in [-0.15, -0.1) is 5.10 Å². The van der Waals surface area contributed by atoms with Crippen LogP contribution in [0.1, 0.15) is 35.2 Å². The predicted octanol–water partition coefficient (Wildman–Crippen LogP) is 4.21. The Balaban J connectivity index is 1.22. The lowest BCUT2D eigenvalue weighted by atomic mass is 9.96. The van der Waals surface area contributed by atoms with Crippen LogP contribution in [0.3, 0.4) is 0 Å². The van der Waals surface area contributed by atoms with Crippen molar-refractivity contribution in [3.63, 3.8) is 0 Å². The minimum atomic E-state index is -0.869. The van der Waals surface area contributed by atoms with E-state index in [2.05, 4.69) is 20.4 Å². The number of nitrogens with one attached hydrogen (secondary N) is 1. The molecule has 2 aromatic carbocycles. The van der Waals surface area contributed by atoms with Gasteiger partial charge in [0.15, 0.2) is 11.9 Å². The number of fused-ring (bicyclic) bond motifs is 3. The lowest BCUT2D eigenvalue weighted by Crippen LogP contribution is -2.46. The number of pyridine rings is 1. The summed E-state index contributed by atoms with van der Waals surface area (Å²) in [7, 11) is 0. The van der Waals surface area contributed by atoms with E-state index in [9.17, 15) is 4.79 Å². The zero-order chi connectivity index (χ0) is 26.3. The van der Waals surface area contributed by atoms with E-state index in [1.165, 1.54) is 0 Å². The maximum absolute atomic E-state index is 13.3. The summed E-state index contributed by atoms with van der Waals surface area (Å²) in [5, 5.41) is 11.7. The first-order valence-electron chi connectivity index (χ1n) is 13.3. The van der Waals surface area contributed by atoms with Crippen LogP contribution >= 0.6 is 0 Å². The lowest BCUT2D eigenvalue weighted by Gasteiger charge is -2.36. The third-order valence-corrected chi connectivity index (χ3v) is 7.66. The third-order valence-electron chi connectivity index (χ3n) is 7.66. The van der Waals surface area contributed by atoms with E-state index in [4.69, 9.17) is 19.1 Å². The zero-order valence-electron chi connectivity index (χ0n) is 21.6. The molecule has 9 heteroatoms. The molecule has 196 valence electrons. The molecule has 0 saturated carbocycles. The topological polar surface area (TPSA) is 106 Å². The highest BCUT2D eigenvalue weighted by molar-refractivity contribution is 6.16. The first kappa shape index (κ1) is 23.7. The molecule has 5 heterocycles. The molecule has 4 aromatic rings. The monoisotopic (exact) mass is 520 g/mol. The van der Waals surface area contributed by atoms with Crippen molar-refractivity contribution in [2.75, 3.05) is 23.4 Å². The number of carbonyl (C=O) groups excluding carboxylic acids is 1. The van der Waals surface area contributed by atoms with Gasteiger partial charge in [-0.2, -0.15) is 0 Å². The Labute approximate surface area is 226 Å². The summed E-state index contributed by atoms with van der Waals surface area (Å²) < 4.78 is 11.9. The molecule has 2 bridgehead atoms. The molecular formula is C30H28N6O3. The van der Waals surface area contributed by atoms with Crippen LogP contribution in [0.25, 0.3) is 11.5 Å². The molecule has 3 aliphatic heterocycles. The van der Waals surface area contributed by atoms with E-state index in [1.54, 1.807) is 0 Å². The van der Waals surface area contributed by atoms with Crippen molar-refractivity contribution in [3.05, 3.63) is 89.1 Å². The van der Waals surface area contributed by atoms with Crippen LogP contribution in [0.2, 0.25) is 0 Å². The third kappa shape index (κ3) is 4.38. The molecule has 39 heavy (non-hydrogen) atoms. The second-order valence-electron chi connectivity index (χ2n) is 10.3. The molecule has 1 N–H and O–H groups in total. The Morgan fingerprint density at radius 2 is 1.67 bits per heavy atom. The summed E-state index contributed by atoms with van der Waals surface area (Å²) in [4.78, 5) is 25.4. The van der Waals surface area contributed by atoms with E-state index >= 15 is 0 Å². The normalized spacial score (nSPS) is 22.3. The van der Waals surface area contributed by atoms with Crippen molar-refractivity contribution in [3.8, 4) is 11.5 Å². The highest BCUT2D eigenvalue weighted by Crippen LogP contribution is 2.38. The Hall–Kier alpha value is -4.37. The number of anilines is 2. The number of rotatable bonds is 5. The SMILES string of the molecule is Cc1ccc(-c2nnc(N[C@H]3N=C(c4ccccc4)c4ccccc4CC3=O)o2)c(N2C3CCC2COC3)n1. The van der Waals surface area contributed by atoms with Crippen LogP contribution in [-0.2, 0) is 16.0 Å². The first-order chi connectivity index (χ1) is 19.1. The average Bonchev–Trinajstić information content (AvgIpc) is 3.48. The average molecular weight is 521 g/mol. The smallest absolute Gasteiger partial charge is 0.317 e. The minimum absolute atomic E-state index is 0.0734. The number of benzene rings is 2. The van der Waals surface area contributed by atoms with Crippen LogP contribution in [-0.4, -0.2) is 58.1 Å². The highest BCUT2D eigenvalue weighted by Gasteiger charge is 2.40. The summed E-state index contributed by atoms with van der Waals surface area (Å²) in [6.45, 7) is 3.36. The van der Waals surface area contributed by atoms with Crippen molar-refractivity contribution in [1.29, 1.82) is 0 Å². The van der Waals surface area contributed by atoms with Crippen molar-refractivity contribution in [1.82, 2.24) is 15.2 Å². The number of ketones is 1. The van der Waals surface area contributed by atoms with E-state index in [1.807, 2.05) is 73.7 Å². The molecule has 2 unspecified atom stereocenters. The number of aryl methyl sites for hydroxylation is 1. The van der Waals surface area contributed by atoms with E-state index in [0.29, 0.717) is 19.1 Å². The van der Waals surface area contributed by atoms with Gasteiger partial charge in [-0.25, -0.2) is 4.98 Å². The van der Waals surface area contributed by atoms with Crippen molar-refractivity contribution < 1.29 is 13.9 Å². The Morgan fingerprint density at radius 3 is 2.49 bits per heavy atom. The summed E-state index contributed by atoms with van der Waals surface area (Å²) >= 11 is 0. The molecule has 0 spiro atoms. The number of aliphatic imine (C=N–C) groups is 1. The Kier molecular flexibility index (Phi) is 5.93. The molecule has 3 aliphatic rings. The van der Waals surface area contributed by atoms with Crippen LogP contribution in [0.15, 0.2) is 76.1 Å². The Bertz CT molecular complexity index is 1550. The van der Waals surface area contributed by atoms with Crippen LogP contribution in [0.5, 0.6) is 0 Å². The van der Waals surface area contributed by atoms with Gasteiger partial charge in [-0.1, -0.05) is 59.7 Å². The number of nitrogens with zero attached hydrogens (tertiary/aromatic N) is 5. The lowest BCUT2D eigenvalue weighted by molar-refractivity contribution is -0.119. The van der Waals surface area contributed by atoms with E-state index in [0.717, 1.165) is 52.3 Å². The van der Waals surface area contributed by atoms with Crippen molar-refractivity contribution >= 4 is 23.3 Å². The predicted molar refractivity (Wildman–Crippen MR) is 147 cm³/mol. The molecular weight excluding hydrogens is 492 g/mol. The number of hydrogen-bond donors (Lipinski definition) is 1. The van der Waals surface area contributed by atoms with Gasteiger partial charge >= 0.3 is 6.01 Å². The number of ether oxygens (including phenoxy) is 1. The number of Topliss-reactive ketones (excluding diaryl/α,β-unsaturated/α-hetero) is 1. The quantitative estimate of drug-likeness (QED) is 0.417. The first-order valence-corrected chi connectivity index (χ1v) is 13.3. The fourth-order valence-electron chi connectivity index (χ4n) is 5.79. The standard InChI is InChI=1S/C30H28N6O3/c1-18-11-14-24(28(31-18)36-21-12-13-22(36)17-38-16-21)29-34-35-30(39-29)33-27-25(37)15-20-9-5-6-10-23(20)26(32-27)19-7-3-2-4-8-19/h2-11,14,21-22,27H,12-13,15-17H2,1H3,(H,33,35)/t21?,22?,27-/m1/s1. The number of morpholine rings is 1. The van der Waals surface area contributed by atoms with Crippen molar-refractivity contribution in [2.24, 2.45) is 4.99 Å². The molecule has 2 aromatic heterocycles. The zero-order valence-corrected chi connectivity index (χ0v) is 21.6. The molecule has 9 nitrogen and oxygen atoms in total. The largest absolute Gasteiger partial charge is 0.403 e. The van der Waals surface area contributed by atoms with Crippen LogP contribution in [0.4, 0.5) is 11.8 Å². The highest BCUT2D eigenvalue weighted by atomic mass is 16.5. The maximum Gasteiger partial charge on any atom is 0.317 e. The molecule has 0 radical (unpaired) electrons. The number of aromatic nitrogens is 3. The molecule has 0 amide bonds. The molecule has 3 atom stereocenters. The number of carbonyl (C=O) groups is 1. The summed E-state index contributed by atoms with van der Waals surface area (Å²) in [6.07, 6.45) is 1.53. The molecule has 0 aliphatic carbocycles. The summed E-state index contributed by atoms with van der Waals surface area (Å²) in [5.74, 6) is 1.12. The fourth-order valence-corrected chi connectivity index (χ4v) is 5.79. The summed E-state index contributed by atoms with van der Waals surface area (Å²) in [5.41, 5.74) is 5.27. The fraction of sp³-hybridized carbons (Fsp3) is 0.300. The van der Waals surface area contributed by atoms with Gasteiger partial charge in [0, 0.05) is 23.2 Å². The second-order valence-corrected chi connectivity index (χ2v) is 10.3. The summed E-state index contributed by atoms with van der Waals surface area (Å²) in [6, 6.07) is 22.4. The van der Waals surface area contributed by atoms with Gasteiger partial charge in [-0.05, 0) is 37.5 Å². The van der Waals surface area contributed by atoms with Gasteiger partial charge in [0.1, 0.15) is 5.82 Å². The van der Waals surface area contributed by atoms with Gasteiger partial charge in [0.2, 0.25) is 0 Å². The van der Waals surface area contributed by atoms with Gasteiger partial charge < -0.3 is 19.4 Å². The molecule has 7 rings (SSSR count). The number of hydrogen-bond acceptors (Lipinski definition) is 9. The molecule has 2 saturated heterocycles.